The monoisotopic (exact) mass is 251 g/mol. The van der Waals surface area contributed by atoms with Crippen molar-refractivity contribution in [1.82, 2.24) is 4.98 Å². The van der Waals surface area contributed by atoms with Gasteiger partial charge in [0.2, 0.25) is 0 Å². The van der Waals surface area contributed by atoms with Gasteiger partial charge < -0.3 is 4.42 Å². The molecule has 5 heteroatoms. The highest BCUT2D eigenvalue weighted by molar-refractivity contribution is 7.99. The van der Waals surface area contributed by atoms with Crippen molar-refractivity contribution in [2.75, 3.05) is 5.75 Å². The fourth-order valence-electron chi connectivity index (χ4n) is 1.33. The summed E-state index contributed by atoms with van der Waals surface area (Å²) in [6.07, 6.45) is 3.06. The molecule has 2 rings (SSSR count). The highest BCUT2D eigenvalue weighted by Gasteiger charge is 2.09. The first kappa shape index (κ1) is 11.9. The smallest absolute Gasteiger partial charge is 0.255 e. The SMILES string of the molecule is O=C(CSc1ncco1)Cc1ccccc1F. The second-order valence-corrected chi connectivity index (χ2v) is 4.32. The number of ketones is 1. The molecule has 3 nitrogen and oxygen atoms in total. The van der Waals surface area contributed by atoms with Gasteiger partial charge in [-0.15, -0.1) is 0 Å². The summed E-state index contributed by atoms with van der Waals surface area (Å²) in [4.78, 5) is 15.5. The molecule has 1 heterocycles. The van der Waals surface area contributed by atoms with E-state index >= 15 is 0 Å². The Bertz CT molecular complexity index is 499. The molecule has 0 saturated carbocycles. The molecule has 0 radical (unpaired) electrons. The molecule has 0 aliphatic heterocycles. The molecule has 1 aromatic carbocycles. The predicted molar refractivity (Wildman–Crippen MR) is 62.3 cm³/mol. The highest BCUT2D eigenvalue weighted by atomic mass is 32.2. The van der Waals surface area contributed by atoms with Gasteiger partial charge in [0.05, 0.1) is 11.9 Å². The molecule has 0 saturated heterocycles. The van der Waals surface area contributed by atoms with Gasteiger partial charge in [-0.1, -0.05) is 30.0 Å². The minimum atomic E-state index is -0.345. The number of hydrogen-bond acceptors (Lipinski definition) is 4. The van der Waals surface area contributed by atoms with Crippen LogP contribution in [-0.2, 0) is 11.2 Å². The summed E-state index contributed by atoms with van der Waals surface area (Å²) in [6.45, 7) is 0. The van der Waals surface area contributed by atoms with Crippen molar-refractivity contribution in [2.45, 2.75) is 11.6 Å². The molecule has 0 N–H and O–H groups in total. The van der Waals surface area contributed by atoms with Gasteiger partial charge in [0, 0.05) is 6.42 Å². The maximum atomic E-state index is 13.3. The Morgan fingerprint density at radius 2 is 2.24 bits per heavy atom. The first-order chi connectivity index (χ1) is 8.25. The fraction of sp³-hybridized carbons (Fsp3) is 0.167. The predicted octanol–water partition coefficient (Wildman–Crippen LogP) is 2.72. The molecule has 2 aromatic rings. The van der Waals surface area contributed by atoms with Gasteiger partial charge in [-0.25, -0.2) is 9.37 Å². The number of aromatic nitrogens is 1. The molecule has 17 heavy (non-hydrogen) atoms. The zero-order valence-electron chi connectivity index (χ0n) is 8.93. The number of oxazole rings is 1. The lowest BCUT2D eigenvalue weighted by molar-refractivity contribution is -0.116. The average molecular weight is 251 g/mol. The number of rotatable bonds is 5. The number of Topliss-reactive ketones (excluding diaryl/α,β-unsaturated/α-hetero) is 1. The summed E-state index contributed by atoms with van der Waals surface area (Å²) in [5, 5.41) is 0.451. The zero-order valence-corrected chi connectivity index (χ0v) is 9.74. The van der Waals surface area contributed by atoms with Crippen LogP contribution in [0.2, 0.25) is 0 Å². The van der Waals surface area contributed by atoms with Crippen LogP contribution in [-0.4, -0.2) is 16.5 Å². The number of halogens is 1. The zero-order chi connectivity index (χ0) is 12.1. The molecule has 0 fully saturated rings. The van der Waals surface area contributed by atoms with Gasteiger partial charge in [0.1, 0.15) is 17.9 Å². The molecule has 0 spiro atoms. The standard InChI is InChI=1S/C12H10FNO2S/c13-11-4-2-1-3-9(11)7-10(15)8-17-12-14-5-6-16-12/h1-6H,7-8H2. The van der Waals surface area contributed by atoms with E-state index in [0.29, 0.717) is 10.8 Å². The lowest BCUT2D eigenvalue weighted by atomic mass is 10.1. The van der Waals surface area contributed by atoms with Crippen molar-refractivity contribution >= 4 is 17.5 Å². The third-order valence-electron chi connectivity index (χ3n) is 2.11. The van der Waals surface area contributed by atoms with Crippen LogP contribution in [0.5, 0.6) is 0 Å². The normalized spacial score (nSPS) is 10.4. The minimum Gasteiger partial charge on any atom is -0.440 e. The van der Waals surface area contributed by atoms with Crippen molar-refractivity contribution in [3.8, 4) is 0 Å². The fourth-order valence-corrected chi connectivity index (χ4v) is 1.97. The number of thioether (sulfide) groups is 1. The van der Waals surface area contributed by atoms with Crippen molar-refractivity contribution < 1.29 is 13.6 Å². The van der Waals surface area contributed by atoms with Crippen LogP contribution < -0.4 is 0 Å². The summed E-state index contributed by atoms with van der Waals surface area (Å²) < 4.78 is 18.3. The Kier molecular flexibility index (Phi) is 3.93. The third kappa shape index (κ3) is 3.42. The number of carbonyl (C=O) groups excluding carboxylic acids is 1. The number of benzene rings is 1. The van der Waals surface area contributed by atoms with Crippen LogP contribution in [0, 0.1) is 5.82 Å². The van der Waals surface area contributed by atoms with E-state index in [1.54, 1.807) is 18.2 Å². The number of carbonyl (C=O) groups is 1. The molecule has 0 aliphatic carbocycles. The van der Waals surface area contributed by atoms with Crippen LogP contribution in [0.15, 0.2) is 46.4 Å². The summed E-state index contributed by atoms with van der Waals surface area (Å²) in [7, 11) is 0. The Balaban J connectivity index is 1.87. The van der Waals surface area contributed by atoms with E-state index in [-0.39, 0.29) is 23.8 Å². The van der Waals surface area contributed by atoms with Gasteiger partial charge in [-0.05, 0) is 11.6 Å². The second kappa shape index (κ2) is 5.63. The van der Waals surface area contributed by atoms with Gasteiger partial charge >= 0.3 is 0 Å². The van der Waals surface area contributed by atoms with Crippen molar-refractivity contribution in [1.29, 1.82) is 0 Å². The largest absolute Gasteiger partial charge is 0.440 e. The minimum absolute atomic E-state index is 0.0571. The third-order valence-corrected chi connectivity index (χ3v) is 3.03. The van der Waals surface area contributed by atoms with E-state index in [2.05, 4.69) is 4.98 Å². The highest BCUT2D eigenvalue weighted by Crippen LogP contribution is 2.16. The molecular weight excluding hydrogens is 241 g/mol. The van der Waals surface area contributed by atoms with E-state index in [9.17, 15) is 9.18 Å². The van der Waals surface area contributed by atoms with Gasteiger partial charge in [0.15, 0.2) is 0 Å². The first-order valence-corrected chi connectivity index (χ1v) is 6.01. The summed E-state index contributed by atoms with van der Waals surface area (Å²) in [5.74, 6) is -0.172. The van der Waals surface area contributed by atoms with Crippen LogP contribution in [0.4, 0.5) is 4.39 Å². The second-order valence-electron chi connectivity index (χ2n) is 3.39. The number of nitrogens with zero attached hydrogens (tertiary/aromatic N) is 1. The van der Waals surface area contributed by atoms with E-state index in [0.717, 1.165) is 0 Å². The van der Waals surface area contributed by atoms with E-state index in [1.165, 1.54) is 30.3 Å². The van der Waals surface area contributed by atoms with Crippen LogP contribution in [0.3, 0.4) is 0 Å². The van der Waals surface area contributed by atoms with Crippen molar-refractivity contribution in [2.24, 2.45) is 0 Å². The van der Waals surface area contributed by atoms with Gasteiger partial charge in [0.25, 0.3) is 5.22 Å². The summed E-state index contributed by atoms with van der Waals surface area (Å²) in [5.41, 5.74) is 0.422. The Labute approximate surface area is 102 Å². The van der Waals surface area contributed by atoms with E-state index < -0.39 is 0 Å². The van der Waals surface area contributed by atoms with Crippen LogP contribution >= 0.6 is 11.8 Å². The topological polar surface area (TPSA) is 43.1 Å². The lowest BCUT2D eigenvalue weighted by Crippen LogP contribution is -2.07. The first-order valence-electron chi connectivity index (χ1n) is 5.03. The average Bonchev–Trinajstić information content (AvgIpc) is 2.82. The Morgan fingerprint density at radius 3 is 2.94 bits per heavy atom. The summed E-state index contributed by atoms with van der Waals surface area (Å²) >= 11 is 1.21. The molecule has 0 bridgehead atoms. The van der Waals surface area contributed by atoms with Crippen molar-refractivity contribution in [3.05, 3.63) is 48.1 Å². The Morgan fingerprint density at radius 1 is 1.41 bits per heavy atom. The molecule has 0 aliphatic rings. The molecule has 88 valence electrons. The van der Waals surface area contributed by atoms with Gasteiger partial charge in [-0.3, -0.25) is 4.79 Å². The Hall–Kier alpha value is -1.62. The number of hydrogen-bond donors (Lipinski definition) is 0. The van der Waals surface area contributed by atoms with E-state index in [1.807, 2.05) is 0 Å². The molecule has 0 unspecified atom stereocenters. The van der Waals surface area contributed by atoms with E-state index in [4.69, 9.17) is 4.42 Å². The quantitative estimate of drug-likeness (QED) is 0.766. The van der Waals surface area contributed by atoms with Crippen LogP contribution in [0.25, 0.3) is 0 Å². The van der Waals surface area contributed by atoms with Crippen LogP contribution in [0.1, 0.15) is 5.56 Å². The van der Waals surface area contributed by atoms with Gasteiger partial charge in [-0.2, -0.15) is 0 Å². The van der Waals surface area contributed by atoms with Crippen molar-refractivity contribution in [3.63, 3.8) is 0 Å². The molecular formula is C12H10FNO2S. The lowest BCUT2D eigenvalue weighted by Gasteiger charge is -2.01. The molecule has 0 amide bonds. The molecule has 0 atom stereocenters. The molecule has 1 aromatic heterocycles. The summed E-state index contributed by atoms with van der Waals surface area (Å²) in [6, 6.07) is 6.28. The maximum absolute atomic E-state index is 13.3. The maximum Gasteiger partial charge on any atom is 0.255 e.